The highest BCUT2D eigenvalue weighted by Crippen LogP contribution is 2.24. The van der Waals surface area contributed by atoms with E-state index in [1.54, 1.807) is 0 Å². The van der Waals surface area contributed by atoms with Crippen LogP contribution in [0.3, 0.4) is 0 Å². The van der Waals surface area contributed by atoms with Crippen LogP contribution in [0.2, 0.25) is 0 Å². The molecule has 1 aromatic heterocycles. The van der Waals surface area contributed by atoms with Crippen molar-refractivity contribution >= 4 is 22.9 Å². The van der Waals surface area contributed by atoms with Crippen LogP contribution < -0.4 is 0 Å². The second-order valence-corrected chi connectivity index (χ2v) is 6.65. The number of esters is 2. The standard InChI is InChI=1S/C20H22O5/c1-12(2)17-10-16(25-20(17)22)11-23-19(21)7-5-15-9-14-8-13(3)4-6-18(14)24-15/h4,6,8-9,16H,5,7,10-11H2,1-3H3. The Labute approximate surface area is 146 Å². The summed E-state index contributed by atoms with van der Waals surface area (Å²) in [5.74, 6) is 0.133. The van der Waals surface area contributed by atoms with Gasteiger partial charge in [-0.05, 0) is 39.0 Å². The van der Waals surface area contributed by atoms with Gasteiger partial charge in [0, 0.05) is 23.8 Å². The topological polar surface area (TPSA) is 65.7 Å². The van der Waals surface area contributed by atoms with Crippen LogP contribution in [0.5, 0.6) is 0 Å². The van der Waals surface area contributed by atoms with Crippen molar-refractivity contribution in [3.05, 3.63) is 46.7 Å². The Bertz CT molecular complexity index is 839. The fraction of sp³-hybridized carbons (Fsp3) is 0.400. The first-order valence-corrected chi connectivity index (χ1v) is 8.44. The van der Waals surface area contributed by atoms with Gasteiger partial charge in [-0.3, -0.25) is 4.79 Å². The Balaban J connectivity index is 1.48. The molecule has 1 aliphatic rings. The van der Waals surface area contributed by atoms with E-state index in [9.17, 15) is 9.59 Å². The van der Waals surface area contributed by atoms with Gasteiger partial charge in [0.1, 0.15) is 24.1 Å². The number of carbonyl (C=O) groups excluding carboxylic acids is 2. The number of benzene rings is 1. The molecule has 0 radical (unpaired) electrons. The molecule has 2 heterocycles. The van der Waals surface area contributed by atoms with Crippen LogP contribution in [0.1, 0.15) is 38.0 Å². The number of ether oxygens (including phenoxy) is 2. The molecule has 1 fully saturated rings. The maximum Gasteiger partial charge on any atom is 0.334 e. The summed E-state index contributed by atoms with van der Waals surface area (Å²) in [6, 6.07) is 7.93. The molecule has 1 atom stereocenters. The summed E-state index contributed by atoms with van der Waals surface area (Å²) < 4.78 is 16.2. The van der Waals surface area contributed by atoms with Crippen molar-refractivity contribution in [1.82, 2.24) is 0 Å². The molecule has 1 aromatic carbocycles. The fourth-order valence-electron chi connectivity index (χ4n) is 2.90. The average molecular weight is 342 g/mol. The molecule has 5 heteroatoms. The maximum atomic E-state index is 11.9. The molecule has 0 N–H and O–H groups in total. The van der Waals surface area contributed by atoms with Crippen LogP contribution in [-0.2, 0) is 25.5 Å². The van der Waals surface area contributed by atoms with E-state index in [1.807, 2.05) is 39.0 Å². The third-order valence-electron chi connectivity index (χ3n) is 4.28. The minimum atomic E-state index is -0.379. The summed E-state index contributed by atoms with van der Waals surface area (Å²) in [4.78, 5) is 23.6. The van der Waals surface area contributed by atoms with E-state index >= 15 is 0 Å². The number of cyclic esters (lactones) is 1. The van der Waals surface area contributed by atoms with Gasteiger partial charge in [-0.15, -0.1) is 0 Å². The van der Waals surface area contributed by atoms with Gasteiger partial charge in [0.25, 0.3) is 0 Å². The van der Waals surface area contributed by atoms with Crippen LogP contribution in [0.4, 0.5) is 0 Å². The first kappa shape index (κ1) is 17.3. The highest BCUT2D eigenvalue weighted by atomic mass is 16.6. The molecule has 0 bridgehead atoms. The summed E-state index contributed by atoms with van der Waals surface area (Å²) in [6.45, 7) is 5.88. The minimum absolute atomic E-state index is 0.0979. The molecule has 132 valence electrons. The zero-order valence-corrected chi connectivity index (χ0v) is 14.8. The molecular weight excluding hydrogens is 320 g/mol. The lowest BCUT2D eigenvalue weighted by molar-refractivity contribution is -0.152. The van der Waals surface area contributed by atoms with E-state index in [4.69, 9.17) is 13.9 Å². The predicted molar refractivity (Wildman–Crippen MR) is 93.1 cm³/mol. The van der Waals surface area contributed by atoms with E-state index < -0.39 is 0 Å². The van der Waals surface area contributed by atoms with Crippen molar-refractivity contribution < 1.29 is 23.5 Å². The van der Waals surface area contributed by atoms with Crippen LogP contribution in [0.15, 0.2) is 39.8 Å². The fourth-order valence-corrected chi connectivity index (χ4v) is 2.90. The Morgan fingerprint density at radius 2 is 2.08 bits per heavy atom. The number of hydrogen-bond acceptors (Lipinski definition) is 5. The highest BCUT2D eigenvalue weighted by molar-refractivity contribution is 5.91. The van der Waals surface area contributed by atoms with E-state index in [0.29, 0.717) is 18.4 Å². The molecule has 1 unspecified atom stereocenters. The number of rotatable bonds is 5. The summed E-state index contributed by atoms with van der Waals surface area (Å²) >= 11 is 0. The number of hydrogen-bond donors (Lipinski definition) is 0. The monoisotopic (exact) mass is 342 g/mol. The van der Waals surface area contributed by atoms with Gasteiger partial charge in [0.2, 0.25) is 0 Å². The van der Waals surface area contributed by atoms with Gasteiger partial charge in [-0.25, -0.2) is 4.79 Å². The van der Waals surface area contributed by atoms with Crippen LogP contribution in [-0.4, -0.2) is 24.6 Å². The Morgan fingerprint density at radius 3 is 2.80 bits per heavy atom. The molecule has 25 heavy (non-hydrogen) atoms. The smallest absolute Gasteiger partial charge is 0.334 e. The second-order valence-electron chi connectivity index (χ2n) is 6.65. The number of furan rings is 1. The van der Waals surface area contributed by atoms with E-state index in [1.165, 1.54) is 5.56 Å². The number of allylic oxidation sites excluding steroid dienone is 1. The van der Waals surface area contributed by atoms with Crippen LogP contribution in [0, 0.1) is 6.92 Å². The highest BCUT2D eigenvalue weighted by Gasteiger charge is 2.30. The zero-order chi connectivity index (χ0) is 18.0. The van der Waals surface area contributed by atoms with Gasteiger partial charge < -0.3 is 13.9 Å². The number of carbonyl (C=O) groups is 2. The Morgan fingerprint density at radius 1 is 1.28 bits per heavy atom. The van der Waals surface area contributed by atoms with Gasteiger partial charge in [0.15, 0.2) is 0 Å². The third kappa shape index (κ3) is 4.10. The largest absolute Gasteiger partial charge is 0.462 e. The van der Waals surface area contributed by atoms with Gasteiger partial charge >= 0.3 is 11.9 Å². The SMILES string of the molecule is CC(C)=C1CC(COC(=O)CCc2cc3cc(C)ccc3o2)OC1=O. The summed E-state index contributed by atoms with van der Waals surface area (Å²) in [5.41, 5.74) is 3.61. The quantitative estimate of drug-likeness (QED) is 0.609. The lowest BCUT2D eigenvalue weighted by atomic mass is 10.1. The number of fused-ring (bicyclic) bond motifs is 1. The second kappa shape index (κ2) is 7.13. The van der Waals surface area contributed by atoms with Crippen molar-refractivity contribution in [2.24, 2.45) is 0 Å². The lowest BCUT2D eigenvalue weighted by Gasteiger charge is -2.09. The molecule has 5 nitrogen and oxygen atoms in total. The van der Waals surface area contributed by atoms with Gasteiger partial charge in [0.05, 0.1) is 6.42 Å². The first-order valence-electron chi connectivity index (χ1n) is 8.44. The van der Waals surface area contributed by atoms with Crippen molar-refractivity contribution in [2.75, 3.05) is 6.61 Å². The number of aryl methyl sites for hydroxylation is 2. The molecule has 3 rings (SSSR count). The molecule has 0 saturated carbocycles. The molecular formula is C20H22O5. The van der Waals surface area contributed by atoms with Gasteiger partial charge in [-0.2, -0.15) is 0 Å². The molecule has 0 amide bonds. The zero-order valence-electron chi connectivity index (χ0n) is 14.8. The van der Waals surface area contributed by atoms with E-state index in [-0.39, 0.29) is 31.1 Å². The van der Waals surface area contributed by atoms with Crippen molar-refractivity contribution in [2.45, 2.75) is 46.1 Å². The van der Waals surface area contributed by atoms with E-state index in [0.717, 1.165) is 22.3 Å². The van der Waals surface area contributed by atoms with Gasteiger partial charge in [-0.1, -0.05) is 17.2 Å². The predicted octanol–water partition coefficient (Wildman–Crippen LogP) is 3.87. The molecule has 1 aliphatic heterocycles. The maximum absolute atomic E-state index is 11.9. The summed E-state index contributed by atoms with van der Waals surface area (Å²) in [7, 11) is 0. The lowest BCUT2D eigenvalue weighted by Crippen LogP contribution is -2.18. The van der Waals surface area contributed by atoms with Crippen molar-refractivity contribution in [3.8, 4) is 0 Å². The Hall–Kier alpha value is -2.56. The van der Waals surface area contributed by atoms with E-state index in [2.05, 4.69) is 6.07 Å². The van der Waals surface area contributed by atoms with Crippen LogP contribution >= 0.6 is 0 Å². The minimum Gasteiger partial charge on any atom is -0.462 e. The molecule has 0 spiro atoms. The third-order valence-corrected chi connectivity index (χ3v) is 4.28. The Kier molecular flexibility index (Phi) is 4.93. The van der Waals surface area contributed by atoms with Crippen molar-refractivity contribution in [1.29, 1.82) is 0 Å². The normalized spacial score (nSPS) is 17.0. The van der Waals surface area contributed by atoms with Crippen LogP contribution in [0.25, 0.3) is 11.0 Å². The molecule has 0 aliphatic carbocycles. The summed E-state index contributed by atoms with van der Waals surface area (Å²) in [5, 5.41) is 1.04. The molecule has 1 saturated heterocycles. The average Bonchev–Trinajstić information content (AvgIpc) is 3.13. The van der Waals surface area contributed by atoms with Crippen molar-refractivity contribution in [3.63, 3.8) is 0 Å². The summed E-state index contributed by atoms with van der Waals surface area (Å²) in [6.07, 6.45) is 0.832. The molecule has 2 aromatic rings. The first-order chi connectivity index (χ1) is 11.9.